The van der Waals surface area contributed by atoms with Gasteiger partial charge in [-0.25, -0.2) is 9.97 Å². The molecular weight excluding hydrogens is 468 g/mol. The van der Waals surface area contributed by atoms with Crippen LogP contribution in [-0.4, -0.2) is 37.2 Å². The van der Waals surface area contributed by atoms with Crippen molar-refractivity contribution in [1.29, 1.82) is 0 Å². The predicted molar refractivity (Wildman–Crippen MR) is 138 cm³/mol. The number of carbonyl (C=O) groups excluding carboxylic acids is 1. The highest BCUT2D eigenvalue weighted by Crippen LogP contribution is 2.37. The number of ether oxygens (including phenoxy) is 2. The second kappa shape index (κ2) is 8.48. The van der Waals surface area contributed by atoms with Crippen LogP contribution in [0.1, 0.15) is 29.3 Å². The van der Waals surface area contributed by atoms with Crippen LogP contribution < -0.4 is 14.8 Å². The van der Waals surface area contributed by atoms with E-state index in [4.69, 9.17) is 14.5 Å². The summed E-state index contributed by atoms with van der Waals surface area (Å²) in [6.45, 7) is 0.554. The molecule has 0 spiro atoms. The number of hydrogen-bond acceptors (Lipinski definition) is 6. The van der Waals surface area contributed by atoms with Crippen LogP contribution in [-0.2, 0) is 24.7 Å². The van der Waals surface area contributed by atoms with Gasteiger partial charge in [0.15, 0.2) is 0 Å². The number of amides is 1. The molecule has 0 radical (unpaired) electrons. The Morgan fingerprint density at radius 3 is 2.97 bits per heavy atom. The van der Waals surface area contributed by atoms with E-state index in [1.54, 1.807) is 6.20 Å². The second-order valence-electron chi connectivity index (χ2n) is 9.49. The summed E-state index contributed by atoms with van der Waals surface area (Å²) in [5, 5.41) is 8.26. The largest absolute Gasteiger partial charge is 0.493 e. The van der Waals surface area contributed by atoms with E-state index < -0.39 is 0 Å². The lowest BCUT2D eigenvalue weighted by atomic mass is 9.96. The highest BCUT2D eigenvalue weighted by atomic mass is 16.5. The maximum atomic E-state index is 11.7. The first-order valence-electron chi connectivity index (χ1n) is 12.3. The SMILES string of the molecule is Cn1ncc2ccc(-c3cnc(C4COc5ccc(Oc6ccnc7c6CCC(=O)N7)cc5C4)[nH]3)cc21. The number of imidazole rings is 1. The van der Waals surface area contributed by atoms with Crippen LogP contribution in [0.5, 0.6) is 17.2 Å². The summed E-state index contributed by atoms with van der Waals surface area (Å²) in [7, 11) is 1.94. The third kappa shape index (κ3) is 3.88. The number of benzene rings is 2. The smallest absolute Gasteiger partial charge is 0.225 e. The van der Waals surface area contributed by atoms with E-state index in [1.807, 2.05) is 48.4 Å². The maximum absolute atomic E-state index is 11.7. The molecule has 7 rings (SSSR count). The van der Waals surface area contributed by atoms with Gasteiger partial charge in [0, 0.05) is 36.2 Å². The molecule has 1 atom stereocenters. The molecule has 9 nitrogen and oxygen atoms in total. The van der Waals surface area contributed by atoms with Gasteiger partial charge in [-0.2, -0.15) is 5.10 Å². The number of rotatable bonds is 4. The van der Waals surface area contributed by atoms with Gasteiger partial charge in [0.25, 0.3) is 0 Å². The van der Waals surface area contributed by atoms with Gasteiger partial charge in [0.05, 0.1) is 36.1 Å². The Morgan fingerprint density at radius 1 is 1.08 bits per heavy atom. The Hall–Kier alpha value is -4.66. The topological polar surface area (TPSA) is 107 Å². The molecule has 0 aliphatic carbocycles. The summed E-state index contributed by atoms with van der Waals surface area (Å²) in [6.07, 6.45) is 7.22. The lowest BCUT2D eigenvalue weighted by molar-refractivity contribution is -0.116. The molecule has 37 heavy (non-hydrogen) atoms. The van der Waals surface area contributed by atoms with Crippen molar-refractivity contribution in [2.75, 3.05) is 11.9 Å². The average Bonchev–Trinajstić information content (AvgIpc) is 3.55. The van der Waals surface area contributed by atoms with E-state index in [0.29, 0.717) is 31.0 Å². The second-order valence-corrected chi connectivity index (χ2v) is 9.49. The normalized spacial score (nSPS) is 16.6. The zero-order valence-electron chi connectivity index (χ0n) is 20.2. The summed E-state index contributed by atoms with van der Waals surface area (Å²) in [5.74, 6) is 3.84. The summed E-state index contributed by atoms with van der Waals surface area (Å²) >= 11 is 0. The van der Waals surface area contributed by atoms with Crippen LogP contribution >= 0.6 is 0 Å². The molecule has 5 aromatic rings. The fourth-order valence-electron chi connectivity index (χ4n) is 5.09. The zero-order chi connectivity index (χ0) is 24.9. The number of hydrogen-bond donors (Lipinski definition) is 2. The third-order valence-electron chi connectivity index (χ3n) is 7.08. The zero-order valence-corrected chi connectivity index (χ0v) is 20.2. The highest BCUT2D eigenvalue weighted by molar-refractivity contribution is 5.93. The predicted octanol–water partition coefficient (Wildman–Crippen LogP) is 4.75. The van der Waals surface area contributed by atoms with Crippen molar-refractivity contribution in [1.82, 2.24) is 24.7 Å². The van der Waals surface area contributed by atoms with Crippen molar-refractivity contribution in [2.24, 2.45) is 7.05 Å². The summed E-state index contributed by atoms with van der Waals surface area (Å²) < 4.78 is 14.2. The molecule has 1 amide bonds. The summed E-state index contributed by atoms with van der Waals surface area (Å²) in [5.41, 5.74) is 5.10. The lowest BCUT2D eigenvalue weighted by Gasteiger charge is -2.25. The van der Waals surface area contributed by atoms with Crippen LogP contribution in [0.3, 0.4) is 0 Å². The molecule has 9 heteroatoms. The Labute approximate surface area is 212 Å². The lowest BCUT2D eigenvalue weighted by Crippen LogP contribution is -2.20. The molecule has 3 aromatic heterocycles. The maximum Gasteiger partial charge on any atom is 0.225 e. The van der Waals surface area contributed by atoms with E-state index in [0.717, 1.165) is 57.0 Å². The Balaban J connectivity index is 1.12. The number of nitrogens with zero attached hydrogens (tertiary/aromatic N) is 4. The molecule has 2 aromatic carbocycles. The van der Waals surface area contributed by atoms with Gasteiger partial charge in [-0.3, -0.25) is 9.48 Å². The van der Waals surface area contributed by atoms with Crippen molar-refractivity contribution in [2.45, 2.75) is 25.2 Å². The first-order valence-corrected chi connectivity index (χ1v) is 12.3. The fraction of sp³-hybridized carbons (Fsp3) is 0.214. The minimum atomic E-state index is -0.0206. The standard InChI is InChI=1S/C28H24N6O3/c1-34-23-12-16(2-3-17(23)13-31-34)22-14-30-27(32-22)19-10-18-11-20(4-6-24(18)36-15-19)37-25-8-9-29-28-21(25)5-7-26(35)33-28/h2-4,6,8-9,11-14,19H,5,7,10,15H2,1H3,(H,30,32)(H,29,33,35). The van der Waals surface area contributed by atoms with Crippen LogP contribution in [0.25, 0.3) is 22.2 Å². The van der Waals surface area contributed by atoms with Gasteiger partial charge in [-0.05, 0) is 48.7 Å². The number of aromatic nitrogens is 5. The third-order valence-corrected chi connectivity index (χ3v) is 7.08. The molecule has 1 unspecified atom stereocenters. The van der Waals surface area contributed by atoms with Gasteiger partial charge in [0.2, 0.25) is 5.91 Å². The average molecular weight is 493 g/mol. The molecule has 0 saturated carbocycles. The van der Waals surface area contributed by atoms with Gasteiger partial charge in [0.1, 0.15) is 28.9 Å². The summed E-state index contributed by atoms with van der Waals surface area (Å²) in [6, 6.07) is 14.0. The number of H-pyrrole nitrogens is 1. The van der Waals surface area contributed by atoms with Crippen LogP contribution in [0.4, 0.5) is 5.82 Å². The first kappa shape index (κ1) is 21.6. The first-order chi connectivity index (χ1) is 18.1. The molecule has 0 bridgehead atoms. The van der Waals surface area contributed by atoms with Crippen molar-refractivity contribution in [3.63, 3.8) is 0 Å². The van der Waals surface area contributed by atoms with Crippen molar-refractivity contribution in [3.8, 4) is 28.5 Å². The number of pyridine rings is 1. The molecule has 0 fully saturated rings. The Morgan fingerprint density at radius 2 is 2.03 bits per heavy atom. The van der Waals surface area contributed by atoms with E-state index in [2.05, 4.69) is 38.6 Å². The molecule has 2 N–H and O–H groups in total. The molecule has 0 saturated heterocycles. The number of fused-ring (bicyclic) bond motifs is 3. The molecule has 2 aliphatic rings. The van der Waals surface area contributed by atoms with Crippen molar-refractivity contribution in [3.05, 3.63) is 78.0 Å². The number of nitrogens with one attached hydrogen (secondary N) is 2. The number of carbonyl (C=O) groups is 1. The highest BCUT2D eigenvalue weighted by Gasteiger charge is 2.25. The van der Waals surface area contributed by atoms with Gasteiger partial charge in [-0.15, -0.1) is 0 Å². The van der Waals surface area contributed by atoms with Crippen molar-refractivity contribution < 1.29 is 14.3 Å². The quantitative estimate of drug-likeness (QED) is 0.375. The van der Waals surface area contributed by atoms with E-state index >= 15 is 0 Å². The number of aryl methyl sites for hydroxylation is 1. The van der Waals surface area contributed by atoms with E-state index in [-0.39, 0.29) is 11.8 Å². The fourth-order valence-corrected chi connectivity index (χ4v) is 5.09. The van der Waals surface area contributed by atoms with Crippen LogP contribution in [0.2, 0.25) is 0 Å². The minimum absolute atomic E-state index is 0.0206. The number of anilines is 1. The van der Waals surface area contributed by atoms with Gasteiger partial charge >= 0.3 is 0 Å². The van der Waals surface area contributed by atoms with Crippen LogP contribution in [0, 0.1) is 0 Å². The Kier molecular flexibility index (Phi) is 4.95. The Bertz CT molecular complexity index is 1670. The number of aromatic amines is 1. The summed E-state index contributed by atoms with van der Waals surface area (Å²) in [4.78, 5) is 24.2. The van der Waals surface area contributed by atoms with E-state index in [1.165, 1.54) is 0 Å². The monoisotopic (exact) mass is 492 g/mol. The van der Waals surface area contributed by atoms with Gasteiger partial charge in [-0.1, -0.05) is 12.1 Å². The molecule has 2 aliphatic heterocycles. The molecular formula is C28H24N6O3. The molecule has 5 heterocycles. The van der Waals surface area contributed by atoms with Gasteiger partial charge < -0.3 is 19.8 Å². The molecule has 184 valence electrons. The minimum Gasteiger partial charge on any atom is -0.493 e. The van der Waals surface area contributed by atoms with Crippen LogP contribution in [0.15, 0.2) is 61.1 Å². The van der Waals surface area contributed by atoms with E-state index in [9.17, 15) is 4.79 Å². The van der Waals surface area contributed by atoms with Crippen molar-refractivity contribution >= 4 is 22.6 Å².